The number of aromatic nitrogens is 1. The van der Waals surface area contributed by atoms with Crippen molar-refractivity contribution in [3.8, 4) is 6.07 Å². The minimum atomic E-state index is -0.981. The molecular formula is C20H22F2N5O3. The minimum absolute atomic E-state index is 0. The van der Waals surface area contributed by atoms with Gasteiger partial charge >= 0.3 is 0 Å². The molecule has 0 aromatic carbocycles. The number of carbonyl (C=O) groups is 2. The van der Waals surface area contributed by atoms with Crippen molar-refractivity contribution < 1.29 is 26.0 Å². The molecule has 1 atom stereocenters. The maximum absolute atomic E-state index is 14.1. The van der Waals surface area contributed by atoms with E-state index in [2.05, 4.69) is 20.9 Å². The van der Waals surface area contributed by atoms with E-state index in [4.69, 9.17) is 4.74 Å². The lowest BCUT2D eigenvalue weighted by molar-refractivity contribution is -0.124. The van der Waals surface area contributed by atoms with E-state index in [-0.39, 0.29) is 32.8 Å². The number of allylic oxidation sites excluding steroid dienone is 1. The highest BCUT2D eigenvalue weighted by Crippen LogP contribution is 2.33. The number of nitrogens with zero attached hydrogens (tertiary/aromatic N) is 2. The number of hydrogen-bond acceptors (Lipinski definition) is 6. The molecule has 2 aliphatic heterocycles. The number of ether oxygens (including phenoxy) is 1. The summed E-state index contributed by atoms with van der Waals surface area (Å²) in [4.78, 5) is 28.8. The van der Waals surface area contributed by atoms with E-state index in [1.54, 1.807) is 13.0 Å². The van der Waals surface area contributed by atoms with Crippen LogP contribution in [0.25, 0.3) is 0 Å². The molecule has 30 heavy (non-hydrogen) atoms. The number of nitriles is 1. The molecule has 0 fully saturated rings. The molecule has 1 aromatic rings. The van der Waals surface area contributed by atoms with Gasteiger partial charge in [-0.25, -0.2) is 8.78 Å². The van der Waals surface area contributed by atoms with Gasteiger partial charge in [0.1, 0.15) is 35.1 Å². The Hall–Kier alpha value is -3.58. The van der Waals surface area contributed by atoms with E-state index in [1.165, 1.54) is 13.3 Å². The van der Waals surface area contributed by atoms with Gasteiger partial charge in [-0.3, -0.25) is 14.6 Å². The summed E-state index contributed by atoms with van der Waals surface area (Å²) in [5, 5.41) is 17.3. The molecule has 10 heteroatoms. The number of fused-ring (bicyclic) bond motifs is 1. The molecule has 3 N–H and O–H groups in total. The van der Waals surface area contributed by atoms with Crippen LogP contribution in [0.4, 0.5) is 8.78 Å². The second kappa shape index (κ2) is 8.84. The molecule has 3 heterocycles. The highest BCUT2D eigenvalue weighted by molar-refractivity contribution is 6.03. The van der Waals surface area contributed by atoms with Gasteiger partial charge in [-0.15, -0.1) is 0 Å². The van der Waals surface area contributed by atoms with E-state index in [1.807, 2.05) is 6.07 Å². The van der Waals surface area contributed by atoms with Crippen LogP contribution in [0.3, 0.4) is 0 Å². The molecule has 0 bridgehead atoms. The Morgan fingerprint density at radius 1 is 1.47 bits per heavy atom. The standard InChI is InChI=1S/C20H18F2N5O3.2H2/c1-10-12(20(29)27-14-3-4-24-15(7-23)18(10)14)6-17(28)26-16(9-30-2)19-13(22)5-11(21)8-25-19;;/h3-5,8,16,24H,6,9H2,1-2H3,(H,26,28)(H,27,29);2*1H/t16-;;/m0../s1. The summed E-state index contributed by atoms with van der Waals surface area (Å²) in [7, 11) is 1.36. The average molecular weight is 418 g/mol. The third kappa shape index (κ3) is 4.21. The zero-order chi connectivity index (χ0) is 21.8. The molecule has 0 saturated heterocycles. The monoisotopic (exact) mass is 418 g/mol. The van der Waals surface area contributed by atoms with Crippen LogP contribution >= 0.6 is 0 Å². The molecule has 3 rings (SSSR count). The van der Waals surface area contributed by atoms with Crippen molar-refractivity contribution in [2.45, 2.75) is 19.4 Å². The summed E-state index contributed by atoms with van der Waals surface area (Å²) in [6.07, 6.45) is 3.67. The first-order valence-electron chi connectivity index (χ1n) is 8.91. The first-order chi connectivity index (χ1) is 14.3. The van der Waals surface area contributed by atoms with Gasteiger partial charge in [-0.2, -0.15) is 5.26 Å². The summed E-state index contributed by atoms with van der Waals surface area (Å²) in [5.74, 6) is -2.83. The average Bonchev–Trinajstić information content (AvgIpc) is 2.70. The Labute approximate surface area is 174 Å². The van der Waals surface area contributed by atoms with Crippen LogP contribution in [0.1, 0.15) is 27.9 Å². The molecule has 2 amide bonds. The van der Waals surface area contributed by atoms with Crippen LogP contribution < -0.4 is 16.0 Å². The lowest BCUT2D eigenvalue weighted by Crippen LogP contribution is -2.40. The smallest absolute Gasteiger partial charge is 0.249 e. The number of hydrogen-bond donors (Lipinski definition) is 3. The van der Waals surface area contributed by atoms with E-state index < -0.39 is 29.5 Å². The number of rotatable bonds is 6. The van der Waals surface area contributed by atoms with Crippen LogP contribution in [-0.4, -0.2) is 30.5 Å². The van der Waals surface area contributed by atoms with Crippen LogP contribution in [0, 0.1) is 29.0 Å². The van der Waals surface area contributed by atoms with Crippen molar-refractivity contribution in [3.63, 3.8) is 0 Å². The van der Waals surface area contributed by atoms with E-state index >= 15 is 0 Å². The second-order valence-corrected chi connectivity index (χ2v) is 6.58. The first kappa shape index (κ1) is 21.1. The largest absolute Gasteiger partial charge is 0.382 e. The zero-order valence-electron chi connectivity index (χ0n) is 16.2. The number of carbonyl (C=O) groups excluding carboxylic acids is 2. The third-order valence-electron chi connectivity index (χ3n) is 4.63. The van der Waals surface area contributed by atoms with Crippen LogP contribution in [0.5, 0.6) is 0 Å². The van der Waals surface area contributed by atoms with E-state index in [0.29, 0.717) is 23.3 Å². The predicted molar refractivity (Wildman–Crippen MR) is 105 cm³/mol. The van der Waals surface area contributed by atoms with Crippen LogP contribution in [0.15, 0.2) is 47.0 Å². The van der Waals surface area contributed by atoms with Crippen molar-refractivity contribution in [2.24, 2.45) is 0 Å². The van der Waals surface area contributed by atoms with Crippen molar-refractivity contribution >= 4 is 11.8 Å². The molecule has 1 aromatic heterocycles. The molecule has 2 aliphatic rings. The maximum atomic E-state index is 14.1. The highest BCUT2D eigenvalue weighted by atomic mass is 19.1. The van der Waals surface area contributed by atoms with Crippen molar-refractivity contribution in [1.82, 2.24) is 20.9 Å². The summed E-state index contributed by atoms with van der Waals surface area (Å²) in [6.45, 7) is 1.53. The van der Waals surface area contributed by atoms with E-state index in [9.17, 15) is 23.6 Å². The minimum Gasteiger partial charge on any atom is -0.382 e. The SMILES string of the molecule is COC[C@H](NC(=O)CC1=C(C)C2=C(C#N)NC=C[C]2NC1=O)c1ncc(F)cc1F.[HH].[HH]. The lowest BCUT2D eigenvalue weighted by Gasteiger charge is -2.30. The summed E-state index contributed by atoms with van der Waals surface area (Å²) in [5.41, 5.74) is 1.21. The van der Waals surface area contributed by atoms with Crippen LogP contribution in [0.2, 0.25) is 0 Å². The highest BCUT2D eigenvalue weighted by Gasteiger charge is 2.33. The molecule has 0 spiro atoms. The quantitative estimate of drug-likeness (QED) is 0.650. The molecule has 1 radical (unpaired) electrons. The van der Waals surface area contributed by atoms with Crippen LogP contribution in [-0.2, 0) is 14.3 Å². The number of amides is 2. The van der Waals surface area contributed by atoms with Crippen molar-refractivity contribution in [1.29, 1.82) is 5.26 Å². The number of methoxy groups -OCH3 is 1. The lowest BCUT2D eigenvalue weighted by atomic mass is 9.86. The number of dihydropyridines is 1. The normalized spacial score (nSPS) is 17.1. The van der Waals surface area contributed by atoms with Gasteiger partial charge in [0.25, 0.3) is 0 Å². The Balaban J connectivity index is 0.00000256. The fourth-order valence-corrected chi connectivity index (χ4v) is 3.26. The molecule has 159 valence electrons. The van der Waals surface area contributed by atoms with Gasteiger partial charge in [-0.1, -0.05) is 0 Å². The Bertz CT molecular complexity index is 1040. The van der Waals surface area contributed by atoms with Gasteiger partial charge in [0.05, 0.1) is 25.3 Å². The molecule has 0 aliphatic carbocycles. The third-order valence-corrected chi connectivity index (χ3v) is 4.63. The second-order valence-electron chi connectivity index (χ2n) is 6.58. The molecule has 0 saturated carbocycles. The summed E-state index contributed by atoms with van der Waals surface area (Å²) in [6, 6.07) is 2.16. The predicted octanol–water partition coefficient (Wildman–Crippen LogP) is 1.92. The first-order valence-corrected chi connectivity index (χ1v) is 8.91. The molecule has 8 nitrogen and oxygen atoms in total. The molecule has 0 unspecified atom stereocenters. The number of halogens is 2. The zero-order valence-corrected chi connectivity index (χ0v) is 16.2. The van der Waals surface area contributed by atoms with Gasteiger partial charge in [-0.05, 0) is 18.6 Å². The number of pyridine rings is 1. The fraction of sp³-hybridized carbons (Fsp3) is 0.250. The topological polar surface area (TPSA) is 116 Å². The number of nitrogens with one attached hydrogen (secondary N) is 3. The van der Waals surface area contributed by atoms with Gasteiger partial charge in [0, 0.05) is 33.4 Å². The fourth-order valence-electron chi connectivity index (χ4n) is 3.26. The van der Waals surface area contributed by atoms with E-state index in [0.717, 1.165) is 6.20 Å². The van der Waals surface area contributed by atoms with Gasteiger partial charge in [0.15, 0.2) is 0 Å². The van der Waals surface area contributed by atoms with Crippen molar-refractivity contribution in [2.75, 3.05) is 13.7 Å². The summed E-state index contributed by atoms with van der Waals surface area (Å²) >= 11 is 0. The van der Waals surface area contributed by atoms with Gasteiger partial charge < -0.3 is 20.7 Å². The Morgan fingerprint density at radius 3 is 2.90 bits per heavy atom. The summed E-state index contributed by atoms with van der Waals surface area (Å²) < 4.78 is 32.2. The van der Waals surface area contributed by atoms with Gasteiger partial charge in [0.2, 0.25) is 11.8 Å². The Kier molecular flexibility index (Phi) is 6.23. The maximum Gasteiger partial charge on any atom is 0.249 e. The molecular weight excluding hydrogens is 396 g/mol. The van der Waals surface area contributed by atoms with Crippen molar-refractivity contribution in [3.05, 3.63) is 70.3 Å². The Morgan fingerprint density at radius 2 is 2.23 bits per heavy atom.